The number of imide groups is 1. The molecule has 2 amide bonds. The first-order valence-corrected chi connectivity index (χ1v) is 4.14. The molecule has 0 aliphatic carbocycles. The van der Waals surface area contributed by atoms with Crippen LogP contribution < -0.4 is 0 Å². The Morgan fingerprint density at radius 2 is 2.25 bits per heavy atom. The van der Waals surface area contributed by atoms with E-state index in [2.05, 4.69) is 0 Å². The van der Waals surface area contributed by atoms with Gasteiger partial charge in [-0.25, -0.2) is 0 Å². The second-order valence-electron chi connectivity index (χ2n) is 3.40. The molecule has 0 radical (unpaired) electrons. The first-order valence-electron chi connectivity index (χ1n) is 4.14. The van der Waals surface area contributed by atoms with Gasteiger partial charge in [-0.05, 0) is 0 Å². The van der Waals surface area contributed by atoms with Gasteiger partial charge in [0.05, 0.1) is 19.3 Å². The summed E-state index contributed by atoms with van der Waals surface area (Å²) in [6.45, 7) is 2.93. The van der Waals surface area contributed by atoms with Crippen molar-refractivity contribution in [3.05, 3.63) is 0 Å². The maximum Gasteiger partial charge on any atom is 0.232 e. The van der Waals surface area contributed by atoms with Crippen molar-refractivity contribution in [3.8, 4) is 0 Å². The molecule has 1 unspecified atom stereocenters. The number of likely N-dealkylation sites (tertiary alicyclic amines) is 1. The second-order valence-corrected chi connectivity index (χ2v) is 3.40. The maximum atomic E-state index is 11.3. The molecule has 0 aromatic carbocycles. The minimum Gasteiger partial charge on any atom is -0.371 e. The highest BCUT2D eigenvalue weighted by molar-refractivity contribution is 6.03. The quantitative estimate of drug-likeness (QED) is 0.424. The van der Waals surface area contributed by atoms with Crippen molar-refractivity contribution in [2.45, 2.75) is 19.4 Å². The van der Waals surface area contributed by atoms with Gasteiger partial charge in [0.2, 0.25) is 11.8 Å². The van der Waals surface area contributed by atoms with Crippen LogP contribution in [0.1, 0.15) is 13.3 Å². The van der Waals surface area contributed by atoms with Gasteiger partial charge in [-0.2, -0.15) is 0 Å². The number of hydrogen-bond acceptors (Lipinski definition) is 3. The number of hydrogen-bond donors (Lipinski definition) is 0. The van der Waals surface area contributed by atoms with E-state index in [9.17, 15) is 9.59 Å². The fourth-order valence-corrected chi connectivity index (χ4v) is 1.42. The Morgan fingerprint density at radius 3 is 2.67 bits per heavy atom. The van der Waals surface area contributed by atoms with Crippen LogP contribution in [0, 0.1) is 5.92 Å². The van der Waals surface area contributed by atoms with Gasteiger partial charge in [0, 0.05) is 12.3 Å². The maximum absolute atomic E-state index is 11.3. The van der Waals surface area contributed by atoms with Gasteiger partial charge in [-0.15, -0.1) is 0 Å². The van der Waals surface area contributed by atoms with Crippen LogP contribution in [0.25, 0.3) is 0 Å². The van der Waals surface area contributed by atoms with Crippen LogP contribution >= 0.6 is 0 Å². The molecule has 2 aliphatic heterocycles. The Kier molecular flexibility index (Phi) is 1.65. The average Bonchev–Trinajstić information content (AvgIpc) is 2.77. The van der Waals surface area contributed by atoms with Crippen LogP contribution in [-0.4, -0.2) is 36.0 Å². The highest BCUT2D eigenvalue weighted by atomic mass is 16.6. The lowest BCUT2D eigenvalue weighted by Gasteiger charge is -2.11. The summed E-state index contributed by atoms with van der Waals surface area (Å²) in [5.74, 6) is -0.227. The van der Waals surface area contributed by atoms with Crippen LogP contribution in [-0.2, 0) is 14.3 Å². The third-order valence-electron chi connectivity index (χ3n) is 2.26. The predicted molar refractivity (Wildman–Crippen MR) is 40.2 cm³/mol. The molecule has 12 heavy (non-hydrogen) atoms. The molecule has 66 valence electrons. The van der Waals surface area contributed by atoms with Gasteiger partial charge in [0.15, 0.2) is 0 Å². The molecule has 2 fully saturated rings. The van der Waals surface area contributed by atoms with Crippen LogP contribution in [0.5, 0.6) is 0 Å². The van der Waals surface area contributed by atoms with Crippen molar-refractivity contribution >= 4 is 11.8 Å². The van der Waals surface area contributed by atoms with E-state index in [1.54, 1.807) is 6.92 Å². The van der Waals surface area contributed by atoms with E-state index >= 15 is 0 Å². The molecule has 2 rings (SSSR count). The Hall–Kier alpha value is -0.900. The Morgan fingerprint density at radius 1 is 1.58 bits per heavy atom. The molecule has 4 heteroatoms. The summed E-state index contributed by atoms with van der Waals surface area (Å²) in [5, 5.41) is 0. The minimum absolute atomic E-state index is 0.0458. The summed E-state index contributed by atoms with van der Waals surface area (Å²) in [5.41, 5.74) is 0. The summed E-state index contributed by atoms with van der Waals surface area (Å²) < 4.78 is 4.96. The standard InChI is InChI=1S/C8H11NO3/c1-5-2-7(10)9(8(5)11)3-6-4-12-6/h5-6H,2-4H2,1H3/t5?,6-/m1/s1. The van der Waals surface area contributed by atoms with E-state index in [-0.39, 0.29) is 23.8 Å². The Labute approximate surface area is 70.5 Å². The molecular weight excluding hydrogens is 158 g/mol. The molecule has 2 saturated heterocycles. The zero-order valence-electron chi connectivity index (χ0n) is 6.95. The van der Waals surface area contributed by atoms with Gasteiger partial charge in [-0.3, -0.25) is 14.5 Å². The molecule has 2 heterocycles. The van der Waals surface area contributed by atoms with Crippen LogP contribution in [0.15, 0.2) is 0 Å². The summed E-state index contributed by atoms with van der Waals surface area (Å²) in [4.78, 5) is 23.9. The third kappa shape index (κ3) is 1.22. The Bertz CT molecular complexity index is 234. The third-order valence-corrected chi connectivity index (χ3v) is 2.26. The number of amides is 2. The predicted octanol–water partition coefficient (Wildman–Crippen LogP) is -0.220. The van der Waals surface area contributed by atoms with Crippen molar-refractivity contribution in [1.82, 2.24) is 4.90 Å². The van der Waals surface area contributed by atoms with Crippen LogP contribution in [0.3, 0.4) is 0 Å². The van der Waals surface area contributed by atoms with E-state index in [1.807, 2.05) is 0 Å². The Balaban J connectivity index is 2.02. The number of epoxide rings is 1. The zero-order valence-corrected chi connectivity index (χ0v) is 6.95. The molecule has 0 saturated carbocycles. The fourth-order valence-electron chi connectivity index (χ4n) is 1.42. The second kappa shape index (κ2) is 2.55. The number of ether oxygens (including phenoxy) is 1. The van der Waals surface area contributed by atoms with E-state index in [0.717, 1.165) is 0 Å². The van der Waals surface area contributed by atoms with Crippen LogP contribution in [0.4, 0.5) is 0 Å². The molecular formula is C8H11NO3. The highest BCUT2D eigenvalue weighted by Gasteiger charge is 2.39. The van der Waals surface area contributed by atoms with E-state index in [0.29, 0.717) is 19.6 Å². The molecule has 0 N–H and O–H groups in total. The highest BCUT2D eigenvalue weighted by Crippen LogP contribution is 2.21. The lowest BCUT2D eigenvalue weighted by atomic mass is 10.1. The number of carbonyl (C=O) groups excluding carboxylic acids is 2. The number of nitrogens with zero attached hydrogens (tertiary/aromatic N) is 1. The van der Waals surface area contributed by atoms with Crippen molar-refractivity contribution in [2.75, 3.05) is 13.2 Å². The van der Waals surface area contributed by atoms with Crippen molar-refractivity contribution < 1.29 is 14.3 Å². The monoisotopic (exact) mass is 169 g/mol. The van der Waals surface area contributed by atoms with E-state index in [4.69, 9.17) is 4.74 Å². The van der Waals surface area contributed by atoms with E-state index in [1.165, 1.54) is 4.90 Å². The van der Waals surface area contributed by atoms with Gasteiger partial charge in [0.1, 0.15) is 0 Å². The lowest BCUT2D eigenvalue weighted by molar-refractivity contribution is -0.139. The first kappa shape index (κ1) is 7.73. The molecule has 0 aromatic rings. The molecule has 2 atom stereocenters. The summed E-state index contributed by atoms with van der Waals surface area (Å²) in [6, 6.07) is 0. The largest absolute Gasteiger partial charge is 0.371 e. The van der Waals surface area contributed by atoms with Crippen molar-refractivity contribution in [2.24, 2.45) is 5.92 Å². The lowest BCUT2D eigenvalue weighted by Crippen LogP contribution is -2.33. The molecule has 0 spiro atoms. The molecule has 2 aliphatic rings. The summed E-state index contributed by atoms with van der Waals surface area (Å²) in [7, 11) is 0. The topological polar surface area (TPSA) is 49.9 Å². The number of rotatable bonds is 2. The minimum atomic E-state index is -0.128. The summed E-state index contributed by atoms with van der Waals surface area (Å²) in [6.07, 6.45) is 0.481. The average molecular weight is 169 g/mol. The van der Waals surface area contributed by atoms with Gasteiger partial charge < -0.3 is 4.74 Å². The SMILES string of the molecule is CC1CC(=O)N(C[C@@H]2CO2)C1=O. The van der Waals surface area contributed by atoms with Crippen molar-refractivity contribution in [3.63, 3.8) is 0 Å². The van der Waals surface area contributed by atoms with Gasteiger partial charge in [0.25, 0.3) is 0 Å². The number of carbonyl (C=O) groups is 2. The zero-order chi connectivity index (χ0) is 8.72. The van der Waals surface area contributed by atoms with E-state index < -0.39 is 0 Å². The fraction of sp³-hybridized carbons (Fsp3) is 0.750. The smallest absolute Gasteiger partial charge is 0.232 e. The summed E-state index contributed by atoms with van der Waals surface area (Å²) >= 11 is 0. The van der Waals surface area contributed by atoms with Gasteiger partial charge in [-0.1, -0.05) is 6.92 Å². The normalized spacial score (nSPS) is 34.6. The molecule has 0 aromatic heterocycles. The van der Waals surface area contributed by atoms with Gasteiger partial charge >= 0.3 is 0 Å². The van der Waals surface area contributed by atoms with Crippen LogP contribution in [0.2, 0.25) is 0 Å². The van der Waals surface area contributed by atoms with Crippen molar-refractivity contribution in [1.29, 1.82) is 0 Å². The molecule has 0 bridgehead atoms. The first-order chi connectivity index (χ1) is 5.68. The molecule has 4 nitrogen and oxygen atoms in total.